The second-order valence-corrected chi connectivity index (χ2v) is 12.3. The van der Waals surface area contributed by atoms with Gasteiger partial charge in [0.25, 0.3) is 0 Å². The second kappa shape index (κ2) is 8.25. The standard InChI is InChI=1S/C29H46O/c1-7-21(19(2)3)9-8-20(4)25-12-13-26-24-11-10-22-18-23(30)14-16-28(22,5)27(24)15-17-29(25,26)6/h8-9,18-21,24-27H,7,10-17H2,1-6H3/t20-,21-,24+,25-,26+,27-,28+,29-/m1/s1. The summed E-state index contributed by atoms with van der Waals surface area (Å²) in [6.07, 6.45) is 18.5. The van der Waals surface area contributed by atoms with Crippen molar-refractivity contribution in [2.24, 2.45) is 52.3 Å². The molecule has 4 rings (SSSR count). The highest BCUT2D eigenvalue weighted by Crippen LogP contribution is 2.67. The van der Waals surface area contributed by atoms with Gasteiger partial charge in [0.15, 0.2) is 5.78 Å². The summed E-state index contributed by atoms with van der Waals surface area (Å²) in [7, 11) is 0. The normalized spacial score (nSPS) is 43.2. The SMILES string of the molecule is CC[C@H](C=C[C@@H](C)[C@H]1CC[C@H]2[C@@H]3CCC4=CC(=O)CC[C@]4(C)[C@@H]3CC[C@]12C)C(C)C. The molecule has 0 saturated heterocycles. The van der Waals surface area contributed by atoms with E-state index in [1.54, 1.807) is 0 Å². The Kier molecular flexibility index (Phi) is 6.15. The van der Waals surface area contributed by atoms with E-state index < -0.39 is 0 Å². The molecular weight excluding hydrogens is 364 g/mol. The van der Waals surface area contributed by atoms with Crippen molar-refractivity contribution < 1.29 is 4.79 Å². The summed E-state index contributed by atoms with van der Waals surface area (Å²) < 4.78 is 0. The Balaban J connectivity index is 1.52. The van der Waals surface area contributed by atoms with Crippen LogP contribution in [-0.2, 0) is 4.79 Å². The third-order valence-corrected chi connectivity index (χ3v) is 10.7. The number of allylic oxidation sites excluding steroid dienone is 3. The zero-order valence-electron chi connectivity index (χ0n) is 20.5. The second-order valence-electron chi connectivity index (χ2n) is 12.3. The van der Waals surface area contributed by atoms with Crippen LogP contribution in [0.3, 0.4) is 0 Å². The molecule has 0 bridgehead atoms. The van der Waals surface area contributed by atoms with Crippen LogP contribution in [-0.4, -0.2) is 5.78 Å². The van der Waals surface area contributed by atoms with Gasteiger partial charge in [-0.2, -0.15) is 0 Å². The molecule has 0 aromatic carbocycles. The number of fused-ring (bicyclic) bond motifs is 5. The van der Waals surface area contributed by atoms with E-state index >= 15 is 0 Å². The summed E-state index contributed by atoms with van der Waals surface area (Å²) in [6.45, 7) is 14.7. The molecule has 0 spiro atoms. The summed E-state index contributed by atoms with van der Waals surface area (Å²) >= 11 is 0. The monoisotopic (exact) mass is 410 g/mol. The van der Waals surface area contributed by atoms with E-state index in [2.05, 4.69) is 59.8 Å². The van der Waals surface area contributed by atoms with E-state index in [9.17, 15) is 4.79 Å². The van der Waals surface area contributed by atoms with Crippen molar-refractivity contribution in [3.63, 3.8) is 0 Å². The molecule has 1 nitrogen and oxygen atoms in total. The predicted molar refractivity (Wildman–Crippen MR) is 127 cm³/mol. The number of ketones is 1. The molecule has 168 valence electrons. The maximum absolute atomic E-state index is 12.1. The molecule has 1 heteroatoms. The minimum absolute atomic E-state index is 0.313. The molecule has 0 amide bonds. The van der Waals surface area contributed by atoms with Gasteiger partial charge in [-0.15, -0.1) is 0 Å². The van der Waals surface area contributed by atoms with Gasteiger partial charge in [0.2, 0.25) is 0 Å². The Morgan fingerprint density at radius 2 is 1.77 bits per heavy atom. The molecule has 0 radical (unpaired) electrons. The van der Waals surface area contributed by atoms with E-state index in [1.165, 1.54) is 50.5 Å². The first kappa shape index (κ1) is 22.3. The molecule has 0 aliphatic heterocycles. The quantitative estimate of drug-likeness (QED) is 0.419. The summed E-state index contributed by atoms with van der Waals surface area (Å²) in [5, 5.41) is 0. The van der Waals surface area contributed by atoms with Crippen LogP contribution in [0.25, 0.3) is 0 Å². The number of rotatable bonds is 5. The molecule has 3 saturated carbocycles. The van der Waals surface area contributed by atoms with E-state index in [1.807, 2.05) is 0 Å². The lowest BCUT2D eigenvalue weighted by Gasteiger charge is -2.58. The number of hydrogen-bond donors (Lipinski definition) is 0. The smallest absolute Gasteiger partial charge is 0.155 e. The highest BCUT2D eigenvalue weighted by molar-refractivity contribution is 5.91. The van der Waals surface area contributed by atoms with Crippen molar-refractivity contribution in [1.82, 2.24) is 0 Å². The van der Waals surface area contributed by atoms with Crippen LogP contribution in [0.15, 0.2) is 23.8 Å². The Morgan fingerprint density at radius 3 is 2.47 bits per heavy atom. The van der Waals surface area contributed by atoms with Gasteiger partial charge >= 0.3 is 0 Å². The molecule has 4 aliphatic carbocycles. The molecule has 3 fully saturated rings. The Bertz CT molecular complexity index is 714. The van der Waals surface area contributed by atoms with Crippen LogP contribution in [0.4, 0.5) is 0 Å². The zero-order chi connectivity index (χ0) is 21.7. The lowest BCUT2D eigenvalue weighted by atomic mass is 9.46. The fourth-order valence-electron chi connectivity index (χ4n) is 8.75. The van der Waals surface area contributed by atoms with Crippen molar-refractivity contribution in [3.05, 3.63) is 23.8 Å². The molecular formula is C29H46O. The van der Waals surface area contributed by atoms with Gasteiger partial charge in [-0.25, -0.2) is 0 Å². The molecule has 8 atom stereocenters. The predicted octanol–water partition coefficient (Wildman–Crippen LogP) is 8.01. The van der Waals surface area contributed by atoms with Gasteiger partial charge in [-0.05, 0) is 110 Å². The van der Waals surface area contributed by atoms with Crippen molar-refractivity contribution >= 4 is 5.78 Å². The third-order valence-electron chi connectivity index (χ3n) is 10.7. The topological polar surface area (TPSA) is 17.1 Å². The first-order valence-electron chi connectivity index (χ1n) is 13.1. The Hall–Kier alpha value is -0.850. The summed E-state index contributed by atoms with van der Waals surface area (Å²) in [4.78, 5) is 12.1. The molecule has 0 heterocycles. The van der Waals surface area contributed by atoms with Crippen molar-refractivity contribution in [3.8, 4) is 0 Å². The molecule has 0 aromatic heterocycles. The summed E-state index contributed by atoms with van der Waals surface area (Å²) in [5.74, 6) is 6.01. The van der Waals surface area contributed by atoms with Crippen molar-refractivity contribution in [1.29, 1.82) is 0 Å². The largest absolute Gasteiger partial charge is 0.295 e. The number of carbonyl (C=O) groups is 1. The lowest BCUT2D eigenvalue weighted by molar-refractivity contribution is -0.117. The first-order valence-corrected chi connectivity index (χ1v) is 13.1. The Labute approximate surface area is 186 Å². The molecule has 0 N–H and O–H groups in total. The van der Waals surface area contributed by atoms with E-state index in [-0.39, 0.29) is 0 Å². The first-order chi connectivity index (χ1) is 14.2. The van der Waals surface area contributed by atoms with Crippen LogP contribution in [0.1, 0.15) is 99.3 Å². The van der Waals surface area contributed by atoms with E-state index in [4.69, 9.17) is 0 Å². The maximum atomic E-state index is 12.1. The number of hydrogen-bond acceptors (Lipinski definition) is 1. The molecule has 30 heavy (non-hydrogen) atoms. The number of carbonyl (C=O) groups excluding carboxylic acids is 1. The van der Waals surface area contributed by atoms with Gasteiger partial charge in [0.1, 0.15) is 0 Å². The fourth-order valence-corrected chi connectivity index (χ4v) is 8.75. The van der Waals surface area contributed by atoms with Gasteiger partial charge in [-0.3, -0.25) is 4.79 Å². The Morgan fingerprint density at radius 1 is 1.00 bits per heavy atom. The van der Waals surface area contributed by atoms with Crippen LogP contribution < -0.4 is 0 Å². The molecule has 0 aromatic rings. The highest BCUT2D eigenvalue weighted by Gasteiger charge is 2.59. The van der Waals surface area contributed by atoms with E-state index in [0.717, 1.165) is 48.3 Å². The summed E-state index contributed by atoms with van der Waals surface area (Å²) in [5.41, 5.74) is 2.34. The van der Waals surface area contributed by atoms with Crippen LogP contribution >= 0.6 is 0 Å². The average Bonchev–Trinajstić information content (AvgIpc) is 3.06. The summed E-state index contributed by atoms with van der Waals surface area (Å²) in [6, 6.07) is 0. The molecule has 0 unspecified atom stereocenters. The average molecular weight is 411 g/mol. The van der Waals surface area contributed by atoms with Crippen molar-refractivity contribution in [2.75, 3.05) is 0 Å². The highest BCUT2D eigenvalue weighted by atomic mass is 16.1. The maximum Gasteiger partial charge on any atom is 0.155 e. The fraction of sp³-hybridized carbons (Fsp3) is 0.828. The molecule has 4 aliphatic rings. The van der Waals surface area contributed by atoms with Crippen LogP contribution in [0.5, 0.6) is 0 Å². The van der Waals surface area contributed by atoms with Gasteiger partial charge in [-0.1, -0.05) is 59.3 Å². The van der Waals surface area contributed by atoms with Crippen molar-refractivity contribution in [2.45, 2.75) is 99.3 Å². The minimum atomic E-state index is 0.313. The zero-order valence-corrected chi connectivity index (χ0v) is 20.5. The van der Waals surface area contributed by atoms with Gasteiger partial charge in [0.05, 0.1) is 0 Å². The lowest BCUT2D eigenvalue weighted by Crippen LogP contribution is -2.50. The van der Waals surface area contributed by atoms with Gasteiger partial charge < -0.3 is 0 Å². The minimum Gasteiger partial charge on any atom is -0.295 e. The van der Waals surface area contributed by atoms with Crippen LogP contribution in [0, 0.1) is 52.3 Å². The third kappa shape index (κ3) is 3.57. The van der Waals surface area contributed by atoms with E-state index in [0.29, 0.717) is 22.5 Å². The van der Waals surface area contributed by atoms with Gasteiger partial charge in [0, 0.05) is 6.42 Å². The van der Waals surface area contributed by atoms with Crippen LogP contribution in [0.2, 0.25) is 0 Å².